The van der Waals surface area contributed by atoms with E-state index in [4.69, 9.17) is 15.0 Å². The first kappa shape index (κ1) is 32.6. The van der Waals surface area contributed by atoms with Gasteiger partial charge in [0.1, 0.15) is 16.1 Å². The second-order valence-corrected chi connectivity index (χ2v) is 24.1. The smallest absolute Gasteiger partial charge is 0.164 e. The van der Waals surface area contributed by atoms with Crippen LogP contribution in [0.4, 0.5) is 0 Å². The van der Waals surface area contributed by atoms with Gasteiger partial charge in [0.15, 0.2) is 17.5 Å². The molecule has 7 aromatic carbocycles. The van der Waals surface area contributed by atoms with Crippen LogP contribution in [0.1, 0.15) is 0 Å². The summed E-state index contributed by atoms with van der Waals surface area (Å²) in [7, 11) is -4.37. The second kappa shape index (κ2) is 12.3. The van der Waals surface area contributed by atoms with Gasteiger partial charge in [-0.25, -0.2) is 15.0 Å². The fourth-order valence-electron chi connectivity index (χ4n) is 9.27. The fourth-order valence-corrected chi connectivity index (χ4v) is 16.1. The van der Waals surface area contributed by atoms with Crippen molar-refractivity contribution in [2.75, 3.05) is 0 Å². The second-order valence-electron chi connectivity index (χ2n) is 15.6. The zero-order chi connectivity index (χ0) is 36.6. The number of aromatic nitrogens is 3. The molecule has 3 nitrogen and oxygen atoms in total. The highest BCUT2D eigenvalue weighted by Crippen LogP contribution is 2.42. The molecule has 0 saturated heterocycles. The number of hydrogen-bond acceptors (Lipinski definition) is 3. The SMILES string of the molecule is C[Si]1(C)c2cccc(-c3ccccc3)c2-c2cccc(-c3nc(-c4ccccc4)nc(-c4ccc(-c5ccccc5)c5c4[Si](C)(C)c4ccccc4-5)n3)c21. The Kier molecular flexibility index (Phi) is 7.41. The van der Waals surface area contributed by atoms with Crippen molar-refractivity contribution >= 4 is 36.9 Å². The molecule has 0 amide bonds. The summed E-state index contributed by atoms with van der Waals surface area (Å²) in [6.07, 6.45) is 0. The number of hydrogen-bond donors (Lipinski definition) is 0. The largest absolute Gasteiger partial charge is 0.208 e. The summed E-state index contributed by atoms with van der Waals surface area (Å²) in [6.45, 7) is 9.93. The zero-order valence-corrected chi connectivity index (χ0v) is 32.9. The van der Waals surface area contributed by atoms with E-state index in [0.29, 0.717) is 5.82 Å². The van der Waals surface area contributed by atoms with Crippen LogP contribution in [0.3, 0.4) is 0 Å². The topological polar surface area (TPSA) is 38.7 Å². The molecule has 1 aromatic heterocycles. The molecule has 0 bridgehead atoms. The minimum atomic E-state index is -2.19. The monoisotopic (exact) mass is 725 g/mol. The summed E-state index contributed by atoms with van der Waals surface area (Å²) < 4.78 is 0. The van der Waals surface area contributed by atoms with Crippen molar-refractivity contribution in [2.45, 2.75) is 26.2 Å². The highest BCUT2D eigenvalue weighted by molar-refractivity contribution is 7.05. The molecule has 2 aliphatic heterocycles. The van der Waals surface area contributed by atoms with Crippen LogP contribution in [0.5, 0.6) is 0 Å². The van der Waals surface area contributed by atoms with Crippen molar-refractivity contribution in [1.82, 2.24) is 15.0 Å². The quantitative estimate of drug-likeness (QED) is 0.166. The van der Waals surface area contributed by atoms with Crippen molar-refractivity contribution in [3.05, 3.63) is 164 Å². The number of benzene rings is 7. The molecule has 0 saturated carbocycles. The van der Waals surface area contributed by atoms with Gasteiger partial charge in [0.2, 0.25) is 0 Å². The lowest BCUT2D eigenvalue weighted by Gasteiger charge is -2.24. The summed E-state index contributed by atoms with van der Waals surface area (Å²) in [6, 6.07) is 59.2. The lowest BCUT2D eigenvalue weighted by Crippen LogP contribution is -2.50. The first-order valence-corrected chi connectivity index (χ1v) is 24.8. The Balaban J connectivity index is 1.24. The van der Waals surface area contributed by atoms with Crippen LogP contribution in [0.15, 0.2) is 164 Å². The molecule has 0 aliphatic carbocycles. The number of rotatable bonds is 5. The molecule has 0 atom stereocenters. The van der Waals surface area contributed by atoms with Gasteiger partial charge in [0.05, 0.1) is 0 Å². The summed E-state index contributed by atoms with van der Waals surface area (Å²) >= 11 is 0. The molecule has 54 heavy (non-hydrogen) atoms. The van der Waals surface area contributed by atoms with Crippen LogP contribution in [0.25, 0.3) is 78.7 Å². The Morgan fingerprint density at radius 2 is 0.722 bits per heavy atom. The predicted molar refractivity (Wildman–Crippen MR) is 231 cm³/mol. The van der Waals surface area contributed by atoms with Gasteiger partial charge in [-0.05, 0) is 65.3 Å². The molecule has 3 heterocycles. The van der Waals surface area contributed by atoms with Gasteiger partial charge in [0, 0.05) is 16.7 Å². The molecule has 10 rings (SSSR count). The molecular formula is C49H39N3Si2. The summed E-state index contributed by atoms with van der Waals surface area (Å²) in [5.74, 6) is 2.17. The van der Waals surface area contributed by atoms with E-state index in [1.54, 1.807) is 0 Å². The maximum absolute atomic E-state index is 5.52. The molecule has 8 aromatic rings. The van der Waals surface area contributed by atoms with Crippen molar-refractivity contribution in [3.8, 4) is 78.7 Å². The van der Waals surface area contributed by atoms with Crippen molar-refractivity contribution in [1.29, 1.82) is 0 Å². The average Bonchev–Trinajstić information content (AvgIpc) is 3.61. The molecule has 2 aliphatic rings. The third-order valence-electron chi connectivity index (χ3n) is 11.7. The van der Waals surface area contributed by atoms with E-state index in [0.717, 1.165) is 28.3 Å². The van der Waals surface area contributed by atoms with Crippen LogP contribution in [-0.2, 0) is 0 Å². The summed E-state index contributed by atoms with van der Waals surface area (Å²) in [4.78, 5) is 16.2. The van der Waals surface area contributed by atoms with E-state index in [9.17, 15) is 0 Å². The summed E-state index contributed by atoms with van der Waals surface area (Å²) in [5.41, 5.74) is 13.5. The van der Waals surface area contributed by atoms with Crippen molar-refractivity contribution in [2.24, 2.45) is 0 Å². The van der Waals surface area contributed by atoms with Gasteiger partial charge >= 0.3 is 0 Å². The van der Waals surface area contributed by atoms with Crippen LogP contribution < -0.4 is 20.7 Å². The highest BCUT2D eigenvalue weighted by atomic mass is 28.3. The lowest BCUT2D eigenvalue weighted by molar-refractivity contribution is 1.08. The van der Waals surface area contributed by atoms with E-state index < -0.39 is 16.1 Å². The molecule has 258 valence electrons. The minimum absolute atomic E-state index is 0.698. The Hall–Kier alpha value is -6.02. The van der Waals surface area contributed by atoms with E-state index >= 15 is 0 Å². The predicted octanol–water partition coefficient (Wildman–Crippen LogP) is 9.81. The maximum atomic E-state index is 5.52. The van der Waals surface area contributed by atoms with E-state index in [1.807, 2.05) is 6.07 Å². The Morgan fingerprint density at radius 1 is 0.296 bits per heavy atom. The molecule has 5 heteroatoms. The third-order valence-corrected chi connectivity index (χ3v) is 18.8. The van der Waals surface area contributed by atoms with Gasteiger partial charge < -0.3 is 0 Å². The van der Waals surface area contributed by atoms with Gasteiger partial charge in [-0.3, -0.25) is 0 Å². The third kappa shape index (κ3) is 4.89. The molecule has 0 unspecified atom stereocenters. The Bertz CT molecular complexity index is 2760. The van der Waals surface area contributed by atoms with Gasteiger partial charge in [-0.1, -0.05) is 190 Å². The average molecular weight is 726 g/mol. The fraction of sp³-hybridized carbons (Fsp3) is 0.0816. The van der Waals surface area contributed by atoms with Gasteiger partial charge in [-0.2, -0.15) is 0 Å². The first-order chi connectivity index (χ1) is 26.3. The standard InChI is InChI=1S/C49H39N3Si2/c1-53(2)41-28-15-14-24-37(41)44-36(33-20-10-6-11-21-33)30-31-40(46(44)53)49-51-47(34-22-12-7-13-23-34)50-48(52-49)39-27-16-26-38-43-35(32-18-8-5-9-19-32)25-17-29-42(43)54(3,4)45(38)39/h5-31H,1-4H3. The molecule has 0 N–H and O–H groups in total. The lowest BCUT2D eigenvalue weighted by atomic mass is 9.92. The normalized spacial score (nSPS) is 14.2. The Morgan fingerprint density at radius 3 is 1.39 bits per heavy atom. The zero-order valence-electron chi connectivity index (χ0n) is 30.9. The minimum Gasteiger partial charge on any atom is -0.208 e. The molecule has 0 spiro atoms. The van der Waals surface area contributed by atoms with E-state index in [-0.39, 0.29) is 0 Å². The van der Waals surface area contributed by atoms with E-state index in [2.05, 4.69) is 184 Å². The Labute approximate surface area is 319 Å². The molecule has 0 fully saturated rings. The van der Waals surface area contributed by atoms with Gasteiger partial charge in [-0.15, -0.1) is 0 Å². The summed E-state index contributed by atoms with van der Waals surface area (Å²) in [5, 5.41) is 5.71. The van der Waals surface area contributed by atoms with Crippen LogP contribution in [0, 0.1) is 0 Å². The molecule has 0 radical (unpaired) electrons. The van der Waals surface area contributed by atoms with E-state index in [1.165, 1.54) is 65.3 Å². The van der Waals surface area contributed by atoms with Crippen LogP contribution >= 0.6 is 0 Å². The van der Waals surface area contributed by atoms with Crippen LogP contribution in [-0.4, -0.2) is 31.1 Å². The number of nitrogens with zero attached hydrogens (tertiary/aromatic N) is 3. The maximum Gasteiger partial charge on any atom is 0.164 e. The van der Waals surface area contributed by atoms with Crippen molar-refractivity contribution < 1.29 is 0 Å². The van der Waals surface area contributed by atoms with Gasteiger partial charge in [0.25, 0.3) is 0 Å². The van der Waals surface area contributed by atoms with Crippen LogP contribution in [0.2, 0.25) is 26.2 Å². The van der Waals surface area contributed by atoms with Crippen molar-refractivity contribution in [3.63, 3.8) is 0 Å². The molecular weight excluding hydrogens is 687 g/mol. The number of fused-ring (bicyclic) bond motifs is 6. The highest BCUT2D eigenvalue weighted by Gasteiger charge is 2.43. The first-order valence-electron chi connectivity index (χ1n) is 18.8.